The van der Waals surface area contributed by atoms with Gasteiger partial charge in [0.05, 0.1) is 18.1 Å². The minimum Gasteiger partial charge on any atom is -0.497 e. The van der Waals surface area contributed by atoms with Crippen molar-refractivity contribution in [3.05, 3.63) is 59.0 Å². The predicted molar refractivity (Wildman–Crippen MR) is 121 cm³/mol. The van der Waals surface area contributed by atoms with E-state index in [4.69, 9.17) is 9.47 Å². The van der Waals surface area contributed by atoms with Crippen molar-refractivity contribution in [2.24, 2.45) is 0 Å². The van der Waals surface area contributed by atoms with E-state index in [2.05, 4.69) is 5.32 Å². The molecule has 31 heavy (non-hydrogen) atoms. The fourth-order valence-electron chi connectivity index (χ4n) is 2.76. The Hall–Kier alpha value is -3.26. The number of nitrogens with one attached hydrogen (secondary N) is 1. The van der Waals surface area contributed by atoms with Gasteiger partial charge in [0, 0.05) is 5.69 Å². The fraction of sp³-hybridized carbons (Fsp3) is 0.261. The molecular formula is C23H24N2O5S. The zero-order valence-electron chi connectivity index (χ0n) is 17.6. The summed E-state index contributed by atoms with van der Waals surface area (Å²) in [6.45, 7) is 3.69. The molecule has 162 valence electrons. The number of hydrogen-bond acceptors (Lipinski definition) is 6. The molecule has 0 unspecified atom stereocenters. The molecule has 0 bridgehead atoms. The van der Waals surface area contributed by atoms with Crippen LogP contribution in [0.3, 0.4) is 0 Å². The number of hydrogen-bond donors (Lipinski definition) is 1. The molecule has 2 aromatic rings. The molecule has 2 aromatic carbocycles. The van der Waals surface area contributed by atoms with Gasteiger partial charge in [-0.2, -0.15) is 0 Å². The summed E-state index contributed by atoms with van der Waals surface area (Å²) in [5.41, 5.74) is 1.32. The number of amides is 3. The SMILES string of the molecule is CC[C@H](C)Oc1ccc(/C=C2\SC(=O)N(CC(=O)Nc3ccc(OC)cc3)C2=O)cc1. The van der Waals surface area contributed by atoms with Crippen LogP contribution in [0.1, 0.15) is 25.8 Å². The molecule has 1 aliphatic rings. The van der Waals surface area contributed by atoms with Gasteiger partial charge in [0.1, 0.15) is 18.0 Å². The number of imide groups is 1. The van der Waals surface area contributed by atoms with E-state index in [1.54, 1.807) is 37.5 Å². The predicted octanol–water partition coefficient (Wildman–Crippen LogP) is 4.55. The third kappa shape index (κ3) is 5.88. The summed E-state index contributed by atoms with van der Waals surface area (Å²) in [7, 11) is 1.55. The number of nitrogens with zero attached hydrogens (tertiary/aromatic N) is 1. The molecule has 3 rings (SSSR count). The van der Waals surface area contributed by atoms with Crippen LogP contribution < -0.4 is 14.8 Å². The smallest absolute Gasteiger partial charge is 0.294 e. The topological polar surface area (TPSA) is 84.9 Å². The molecule has 1 N–H and O–H groups in total. The van der Waals surface area contributed by atoms with E-state index < -0.39 is 17.1 Å². The zero-order chi connectivity index (χ0) is 22.4. The molecule has 1 atom stereocenters. The van der Waals surface area contributed by atoms with Crippen molar-refractivity contribution in [3.8, 4) is 11.5 Å². The first-order valence-corrected chi connectivity index (χ1v) is 10.7. The second kappa shape index (κ2) is 10.2. The first-order valence-electron chi connectivity index (χ1n) is 9.85. The third-order valence-electron chi connectivity index (χ3n) is 4.64. The largest absolute Gasteiger partial charge is 0.497 e. The lowest BCUT2D eigenvalue weighted by Crippen LogP contribution is -2.36. The number of methoxy groups -OCH3 is 1. The number of rotatable bonds is 8. The molecule has 1 heterocycles. The van der Waals surface area contributed by atoms with E-state index in [0.717, 1.165) is 34.4 Å². The van der Waals surface area contributed by atoms with Crippen molar-refractivity contribution in [2.45, 2.75) is 26.4 Å². The van der Waals surface area contributed by atoms with Crippen LogP contribution in [0.25, 0.3) is 6.08 Å². The molecule has 1 saturated heterocycles. The summed E-state index contributed by atoms with van der Waals surface area (Å²) in [5, 5.41) is 2.19. The van der Waals surface area contributed by atoms with E-state index in [1.807, 2.05) is 38.1 Å². The molecule has 0 aromatic heterocycles. The Morgan fingerprint density at radius 3 is 2.35 bits per heavy atom. The van der Waals surface area contributed by atoms with Crippen molar-refractivity contribution in [2.75, 3.05) is 19.0 Å². The highest BCUT2D eigenvalue weighted by atomic mass is 32.2. The summed E-state index contributed by atoms with van der Waals surface area (Å²) in [4.78, 5) is 38.4. The highest BCUT2D eigenvalue weighted by Gasteiger charge is 2.36. The maximum atomic E-state index is 12.6. The van der Waals surface area contributed by atoms with Crippen LogP contribution in [-0.2, 0) is 9.59 Å². The number of thioether (sulfide) groups is 1. The molecular weight excluding hydrogens is 416 g/mol. The Bertz CT molecular complexity index is 986. The van der Waals surface area contributed by atoms with Crippen LogP contribution >= 0.6 is 11.8 Å². The van der Waals surface area contributed by atoms with E-state index in [0.29, 0.717) is 11.4 Å². The first kappa shape index (κ1) is 22.4. The number of ether oxygens (including phenoxy) is 2. The summed E-state index contributed by atoms with van der Waals surface area (Å²) < 4.78 is 10.8. The van der Waals surface area contributed by atoms with Crippen molar-refractivity contribution >= 4 is 40.6 Å². The van der Waals surface area contributed by atoms with Crippen LogP contribution in [0.2, 0.25) is 0 Å². The maximum Gasteiger partial charge on any atom is 0.294 e. The molecule has 0 radical (unpaired) electrons. The molecule has 1 fully saturated rings. The highest BCUT2D eigenvalue weighted by Crippen LogP contribution is 2.32. The monoisotopic (exact) mass is 440 g/mol. The van der Waals surface area contributed by atoms with E-state index in [-0.39, 0.29) is 17.6 Å². The summed E-state index contributed by atoms with van der Waals surface area (Å²) >= 11 is 0.819. The average molecular weight is 441 g/mol. The van der Waals surface area contributed by atoms with Crippen LogP contribution in [0.4, 0.5) is 10.5 Å². The van der Waals surface area contributed by atoms with E-state index in [9.17, 15) is 14.4 Å². The van der Waals surface area contributed by atoms with Gasteiger partial charge in [0.15, 0.2) is 0 Å². The second-order valence-electron chi connectivity index (χ2n) is 6.95. The van der Waals surface area contributed by atoms with Crippen molar-refractivity contribution < 1.29 is 23.9 Å². The first-order chi connectivity index (χ1) is 14.9. The lowest BCUT2D eigenvalue weighted by molar-refractivity contribution is -0.127. The average Bonchev–Trinajstić information content (AvgIpc) is 3.02. The standard InChI is InChI=1S/C23H24N2O5S/c1-4-15(2)30-19-9-5-16(6-10-19)13-20-22(27)25(23(28)31-20)14-21(26)24-17-7-11-18(29-3)12-8-17/h5-13,15H,4,14H2,1-3H3,(H,24,26)/b20-13-/t15-/m0/s1. The number of carbonyl (C=O) groups excluding carboxylic acids is 3. The molecule has 0 spiro atoms. The summed E-state index contributed by atoms with van der Waals surface area (Å²) in [6.07, 6.45) is 2.66. The van der Waals surface area contributed by atoms with Gasteiger partial charge in [-0.05, 0) is 73.1 Å². The molecule has 7 nitrogen and oxygen atoms in total. The van der Waals surface area contributed by atoms with E-state index in [1.165, 1.54) is 0 Å². The Kier molecular flexibility index (Phi) is 7.36. The molecule has 1 aliphatic heterocycles. The Morgan fingerprint density at radius 2 is 1.74 bits per heavy atom. The van der Waals surface area contributed by atoms with Gasteiger partial charge in [-0.15, -0.1) is 0 Å². The van der Waals surface area contributed by atoms with Gasteiger partial charge in [-0.3, -0.25) is 19.3 Å². The van der Waals surface area contributed by atoms with Crippen LogP contribution in [0, 0.1) is 0 Å². The maximum absolute atomic E-state index is 12.6. The van der Waals surface area contributed by atoms with Gasteiger partial charge in [0.25, 0.3) is 11.1 Å². The summed E-state index contributed by atoms with van der Waals surface area (Å²) in [5.74, 6) is 0.462. The minimum atomic E-state index is -0.486. The highest BCUT2D eigenvalue weighted by molar-refractivity contribution is 8.18. The third-order valence-corrected chi connectivity index (χ3v) is 5.55. The number of carbonyl (C=O) groups is 3. The van der Waals surface area contributed by atoms with Gasteiger partial charge < -0.3 is 14.8 Å². The van der Waals surface area contributed by atoms with Crippen LogP contribution in [0.15, 0.2) is 53.4 Å². The van der Waals surface area contributed by atoms with Gasteiger partial charge in [-0.1, -0.05) is 19.1 Å². The Morgan fingerprint density at radius 1 is 1.10 bits per heavy atom. The van der Waals surface area contributed by atoms with Gasteiger partial charge in [-0.25, -0.2) is 0 Å². The Labute approximate surface area is 185 Å². The lowest BCUT2D eigenvalue weighted by atomic mass is 10.2. The normalized spacial score (nSPS) is 15.8. The minimum absolute atomic E-state index is 0.117. The van der Waals surface area contributed by atoms with Gasteiger partial charge >= 0.3 is 0 Å². The second-order valence-corrected chi connectivity index (χ2v) is 7.94. The molecule has 0 aliphatic carbocycles. The quantitative estimate of drug-likeness (QED) is 0.607. The van der Waals surface area contributed by atoms with Crippen molar-refractivity contribution in [1.29, 1.82) is 0 Å². The zero-order valence-corrected chi connectivity index (χ0v) is 18.4. The molecule has 0 saturated carbocycles. The van der Waals surface area contributed by atoms with E-state index >= 15 is 0 Å². The van der Waals surface area contributed by atoms with Gasteiger partial charge in [0.2, 0.25) is 5.91 Å². The summed E-state index contributed by atoms with van der Waals surface area (Å²) in [6, 6.07) is 14.1. The van der Waals surface area contributed by atoms with Crippen LogP contribution in [-0.4, -0.2) is 41.7 Å². The number of benzene rings is 2. The number of anilines is 1. The molecule has 3 amide bonds. The molecule has 8 heteroatoms. The lowest BCUT2D eigenvalue weighted by Gasteiger charge is -2.13. The van der Waals surface area contributed by atoms with Crippen LogP contribution in [0.5, 0.6) is 11.5 Å². The fourth-order valence-corrected chi connectivity index (χ4v) is 3.60. The van der Waals surface area contributed by atoms with Crippen molar-refractivity contribution in [3.63, 3.8) is 0 Å². The van der Waals surface area contributed by atoms with Crippen molar-refractivity contribution in [1.82, 2.24) is 4.90 Å². The Balaban J connectivity index is 1.62.